The monoisotopic (exact) mass is 132 g/mol. The molecule has 8 heavy (non-hydrogen) atoms. The highest BCUT2D eigenvalue weighted by atomic mass is 35.5. The van der Waals surface area contributed by atoms with E-state index in [4.69, 9.17) is 11.6 Å². The molecule has 1 aliphatic rings. The van der Waals surface area contributed by atoms with E-state index in [1.807, 2.05) is 0 Å². The van der Waals surface area contributed by atoms with Crippen molar-refractivity contribution in [2.24, 2.45) is 0 Å². The zero-order chi connectivity index (χ0) is 6.20. The molecule has 1 rings (SSSR count). The van der Waals surface area contributed by atoms with Crippen molar-refractivity contribution in [3.8, 4) is 0 Å². The fourth-order valence-electron chi connectivity index (χ4n) is 0.973. The Balaban J connectivity index is 2.40. The van der Waals surface area contributed by atoms with Crippen LogP contribution in [0.2, 0.25) is 0 Å². The van der Waals surface area contributed by atoms with Gasteiger partial charge in [0.25, 0.3) is 0 Å². The van der Waals surface area contributed by atoms with Crippen LogP contribution in [0.25, 0.3) is 0 Å². The molecule has 1 saturated carbocycles. The number of halogens is 1. The molecule has 0 radical (unpaired) electrons. The Morgan fingerprint density at radius 3 is 2.38 bits per heavy atom. The highest BCUT2D eigenvalue weighted by Crippen LogP contribution is 2.36. The Labute approximate surface area is 54.0 Å². The lowest BCUT2D eigenvalue weighted by Crippen LogP contribution is -2.40. The van der Waals surface area contributed by atoms with E-state index in [1.54, 1.807) is 0 Å². The summed E-state index contributed by atoms with van der Waals surface area (Å²) in [5, 5.41) is 9.20. The molecule has 0 aromatic heterocycles. The zero-order valence-electron chi connectivity index (χ0n) is 4.65. The van der Waals surface area contributed by atoms with Gasteiger partial charge < -0.3 is 5.11 Å². The Bertz CT molecular complexity index is 112. The average Bonchev–Trinajstić information content (AvgIpc) is 1.63. The standard InChI is InChI=1S/C6H9ClO/c1-5-2-6(8,3-5)4-7/h8H,1-4H2. The molecule has 1 aliphatic carbocycles. The van der Waals surface area contributed by atoms with Gasteiger partial charge in [0.05, 0.1) is 11.5 Å². The van der Waals surface area contributed by atoms with Crippen LogP contribution in [0.15, 0.2) is 12.2 Å². The van der Waals surface area contributed by atoms with E-state index in [-0.39, 0.29) is 0 Å². The molecule has 0 spiro atoms. The maximum absolute atomic E-state index is 9.20. The van der Waals surface area contributed by atoms with Crippen LogP contribution >= 0.6 is 11.6 Å². The van der Waals surface area contributed by atoms with Gasteiger partial charge in [-0.2, -0.15) is 0 Å². The van der Waals surface area contributed by atoms with Crippen LogP contribution in [0.5, 0.6) is 0 Å². The molecule has 2 heteroatoms. The summed E-state index contributed by atoms with van der Waals surface area (Å²) >= 11 is 5.42. The minimum absolute atomic E-state index is 0.339. The lowest BCUT2D eigenvalue weighted by Gasteiger charge is -2.36. The minimum Gasteiger partial charge on any atom is -0.388 e. The van der Waals surface area contributed by atoms with Gasteiger partial charge in [-0.1, -0.05) is 12.2 Å². The Hall–Kier alpha value is -0.0100. The smallest absolute Gasteiger partial charge is 0.0856 e. The molecule has 0 amide bonds. The van der Waals surface area contributed by atoms with Gasteiger partial charge in [-0.15, -0.1) is 11.6 Å². The Morgan fingerprint density at radius 2 is 2.25 bits per heavy atom. The van der Waals surface area contributed by atoms with Crippen LogP contribution in [0.1, 0.15) is 12.8 Å². The molecule has 0 aliphatic heterocycles. The van der Waals surface area contributed by atoms with E-state index in [0.29, 0.717) is 18.7 Å². The van der Waals surface area contributed by atoms with Crippen LogP contribution in [0.3, 0.4) is 0 Å². The van der Waals surface area contributed by atoms with E-state index in [0.717, 1.165) is 5.57 Å². The third-order valence-corrected chi connectivity index (χ3v) is 1.90. The summed E-state index contributed by atoms with van der Waals surface area (Å²) in [5.41, 5.74) is 0.506. The predicted octanol–water partition coefficient (Wildman–Crippen LogP) is 1.31. The molecule has 0 atom stereocenters. The van der Waals surface area contributed by atoms with Crippen molar-refractivity contribution in [2.75, 3.05) is 5.88 Å². The first-order chi connectivity index (χ1) is 3.66. The van der Waals surface area contributed by atoms with Crippen LogP contribution in [-0.4, -0.2) is 16.6 Å². The fourth-order valence-corrected chi connectivity index (χ4v) is 1.16. The van der Waals surface area contributed by atoms with Crippen LogP contribution in [0.4, 0.5) is 0 Å². The van der Waals surface area contributed by atoms with Gasteiger partial charge in [0.15, 0.2) is 0 Å². The molecule has 46 valence electrons. The number of rotatable bonds is 1. The van der Waals surface area contributed by atoms with Crippen LogP contribution in [-0.2, 0) is 0 Å². The Morgan fingerprint density at radius 1 is 1.75 bits per heavy atom. The first kappa shape index (κ1) is 6.12. The number of hydrogen-bond acceptors (Lipinski definition) is 1. The van der Waals surface area contributed by atoms with Gasteiger partial charge in [-0.3, -0.25) is 0 Å². The topological polar surface area (TPSA) is 20.2 Å². The van der Waals surface area contributed by atoms with Crippen molar-refractivity contribution >= 4 is 11.6 Å². The maximum atomic E-state index is 9.20. The summed E-state index contributed by atoms with van der Waals surface area (Å²) in [7, 11) is 0. The van der Waals surface area contributed by atoms with Gasteiger partial charge >= 0.3 is 0 Å². The summed E-state index contributed by atoms with van der Waals surface area (Å²) < 4.78 is 0. The second-order valence-electron chi connectivity index (χ2n) is 2.46. The number of aliphatic hydroxyl groups is 1. The second kappa shape index (κ2) is 1.74. The zero-order valence-corrected chi connectivity index (χ0v) is 5.41. The van der Waals surface area contributed by atoms with Crippen molar-refractivity contribution < 1.29 is 5.11 Å². The Kier molecular flexibility index (Phi) is 1.33. The molecule has 1 fully saturated rings. The lowest BCUT2D eigenvalue weighted by molar-refractivity contribution is 0.0261. The van der Waals surface area contributed by atoms with Crippen molar-refractivity contribution in [3.05, 3.63) is 12.2 Å². The largest absolute Gasteiger partial charge is 0.388 e. The highest BCUT2D eigenvalue weighted by molar-refractivity contribution is 6.18. The third kappa shape index (κ3) is 0.884. The average molecular weight is 133 g/mol. The van der Waals surface area contributed by atoms with Crippen LogP contribution in [0, 0.1) is 0 Å². The van der Waals surface area contributed by atoms with E-state index in [2.05, 4.69) is 6.58 Å². The second-order valence-corrected chi connectivity index (χ2v) is 2.73. The first-order valence-corrected chi connectivity index (χ1v) is 3.15. The van der Waals surface area contributed by atoms with Crippen LogP contribution < -0.4 is 0 Å². The van der Waals surface area contributed by atoms with E-state index in [1.165, 1.54) is 0 Å². The lowest BCUT2D eigenvalue weighted by atomic mass is 9.78. The molecule has 1 N–H and O–H groups in total. The SMILES string of the molecule is C=C1CC(O)(CCl)C1. The number of alkyl halides is 1. The van der Waals surface area contributed by atoms with Gasteiger partial charge in [-0.05, 0) is 12.8 Å². The van der Waals surface area contributed by atoms with Crippen molar-refractivity contribution in [1.82, 2.24) is 0 Å². The molecule has 0 aromatic rings. The summed E-state index contributed by atoms with van der Waals surface area (Å²) in [6.45, 7) is 3.69. The maximum Gasteiger partial charge on any atom is 0.0856 e. The summed E-state index contributed by atoms with van der Waals surface area (Å²) in [6.07, 6.45) is 1.38. The fraction of sp³-hybridized carbons (Fsp3) is 0.667. The van der Waals surface area contributed by atoms with E-state index >= 15 is 0 Å². The van der Waals surface area contributed by atoms with Crippen molar-refractivity contribution in [1.29, 1.82) is 0 Å². The summed E-state index contributed by atoms with van der Waals surface area (Å²) in [4.78, 5) is 0. The highest BCUT2D eigenvalue weighted by Gasteiger charge is 2.36. The molecule has 1 nitrogen and oxygen atoms in total. The van der Waals surface area contributed by atoms with Gasteiger partial charge in [0.2, 0.25) is 0 Å². The van der Waals surface area contributed by atoms with Gasteiger partial charge in [-0.25, -0.2) is 0 Å². The molecule has 0 heterocycles. The first-order valence-electron chi connectivity index (χ1n) is 2.61. The van der Waals surface area contributed by atoms with Gasteiger partial charge in [0.1, 0.15) is 0 Å². The minimum atomic E-state index is -0.599. The molecule has 0 bridgehead atoms. The van der Waals surface area contributed by atoms with Gasteiger partial charge in [0, 0.05) is 0 Å². The third-order valence-electron chi connectivity index (χ3n) is 1.41. The quantitative estimate of drug-likeness (QED) is 0.421. The molecular formula is C6H9ClO. The summed E-state index contributed by atoms with van der Waals surface area (Å²) in [6, 6.07) is 0. The summed E-state index contributed by atoms with van der Waals surface area (Å²) in [5.74, 6) is 0.339. The predicted molar refractivity (Wildman–Crippen MR) is 34.0 cm³/mol. The van der Waals surface area contributed by atoms with Crippen molar-refractivity contribution in [3.63, 3.8) is 0 Å². The van der Waals surface area contributed by atoms with E-state index < -0.39 is 5.60 Å². The molecule has 0 aromatic carbocycles. The number of hydrogen-bond donors (Lipinski definition) is 1. The van der Waals surface area contributed by atoms with Crippen molar-refractivity contribution in [2.45, 2.75) is 18.4 Å². The molecular weight excluding hydrogens is 124 g/mol. The molecule has 0 unspecified atom stereocenters. The van der Waals surface area contributed by atoms with E-state index in [9.17, 15) is 5.11 Å². The normalized spacial score (nSPS) is 25.0. The molecule has 0 saturated heterocycles.